The van der Waals surface area contributed by atoms with Gasteiger partial charge in [0, 0.05) is 19.4 Å². The lowest BCUT2D eigenvalue weighted by Gasteiger charge is -2.08. The van der Waals surface area contributed by atoms with Crippen molar-refractivity contribution in [3.8, 4) is 0 Å². The second-order valence-corrected chi connectivity index (χ2v) is 3.22. The molecular formula is C10H16N2O4. The number of carbonyl (C=O) groups is 3. The molecule has 0 aliphatic carbocycles. The van der Waals surface area contributed by atoms with Crippen LogP contribution in [-0.2, 0) is 14.4 Å². The number of amides is 2. The van der Waals surface area contributed by atoms with E-state index in [2.05, 4.69) is 17.2 Å². The van der Waals surface area contributed by atoms with Crippen LogP contribution in [0.15, 0.2) is 12.7 Å². The average molecular weight is 228 g/mol. The van der Waals surface area contributed by atoms with Crippen molar-refractivity contribution in [2.45, 2.75) is 25.8 Å². The molecule has 0 aliphatic rings. The van der Waals surface area contributed by atoms with E-state index >= 15 is 0 Å². The van der Waals surface area contributed by atoms with Gasteiger partial charge in [0.25, 0.3) is 0 Å². The summed E-state index contributed by atoms with van der Waals surface area (Å²) in [6.07, 6.45) is 1.54. The van der Waals surface area contributed by atoms with Gasteiger partial charge in [0.05, 0.1) is 0 Å². The summed E-state index contributed by atoms with van der Waals surface area (Å²) in [5, 5.41) is 13.3. The highest BCUT2D eigenvalue weighted by molar-refractivity contribution is 5.86. The van der Waals surface area contributed by atoms with Crippen LogP contribution in [0.4, 0.5) is 0 Å². The van der Waals surface area contributed by atoms with E-state index < -0.39 is 17.9 Å². The van der Waals surface area contributed by atoms with Gasteiger partial charge in [0.15, 0.2) is 0 Å². The zero-order valence-corrected chi connectivity index (χ0v) is 9.16. The van der Waals surface area contributed by atoms with E-state index in [1.54, 1.807) is 0 Å². The van der Waals surface area contributed by atoms with Gasteiger partial charge in [0.2, 0.25) is 11.8 Å². The third kappa shape index (κ3) is 6.58. The first-order chi connectivity index (χ1) is 7.47. The quantitative estimate of drug-likeness (QED) is 0.519. The van der Waals surface area contributed by atoms with E-state index in [1.807, 2.05) is 0 Å². The van der Waals surface area contributed by atoms with Crippen LogP contribution < -0.4 is 10.6 Å². The number of hydrogen-bond donors (Lipinski definition) is 3. The van der Waals surface area contributed by atoms with Gasteiger partial charge in [-0.1, -0.05) is 6.08 Å². The zero-order valence-electron chi connectivity index (χ0n) is 9.16. The van der Waals surface area contributed by atoms with Gasteiger partial charge < -0.3 is 15.7 Å². The molecule has 6 nitrogen and oxygen atoms in total. The predicted octanol–water partition coefficient (Wildman–Crippen LogP) is -0.342. The first-order valence-electron chi connectivity index (χ1n) is 4.87. The van der Waals surface area contributed by atoms with Crippen molar-refractivity contribution in [2.24, 2.45) is 0 Å². The number of aliphatic carboxylic acids is 1. The van der Waals surface area contributed by atoms with Gasteiger partial charge in [-0.2, -0.15) is 0 Å². The Hall–Kier alpha value is -1.85. The number of rotatable bonds is 7. The Morgan fingerprint density at radius 1 is 1.31 bits per heavy atom. The molecule has 0 bridgehead atoms. The fourth-order valence-corrected chi connectivity index (χ4v) is 0.877. The second kappa shape index (κ2) is 7.44. The SMILES string of the molecule is C=CCNC(=O)CCC(=O)NC(C)C(=O)O. The maximum atomic E-state index is 11.2. The van der Waals surface area contributed by atoms with Crippen LogP contribution in [0.3, 0.4) is 0 Å². The zero-order chi connectivity index (χ0) is 12.6. The maximum Gasteiger partial charge on any atom is 0.325 e. The Morgan fingerprint density at radius 2 is 1.88 bits per heavy atom. The summed E-state index contributed by atoms with van der Waals surface area (Å²) in [7, 11) is 0. The van der Waals surface area contributed by atoms with Crippen molar-refractivity contribution >= 4 is 17.8 Å². The molecule has 16 heavy (non-hydrogen) atoms. The van der Waals surface area contributed by atoms with E-state index in [4.69, 9.17) is 5.11 Å². The molecule has 0 aromatic heterocycles. The second-order valence-electron chi connectivity index (χ2n) is 3.22. The Morgan fingerprint density at radius 3 is 2.38 bits per heavy atom. The number of hydrogen-bond acceptors (Lipinski definition) is 3. The van der Waals surface area contributed by atoms with Crippen LogP contribution in [-0.4, -0.2) is 35.5 Å². The molecule has 2 amide bonds. The number of carbonyl (C=O) groups excluding carboxylic acids is 2. The Bertz CT molecular complexity index is 289. The van der Waals surface area contributed by atoms with E-state index in [1.165, 1.54) is 13.0 Å². The third-order valence-electron chi connectivity index (χ3n) is 1.77. The molecule has 0 radical (unpaired) electrons. The van der Waals surface area contributed by atoms with Crippen molar-refractivity contribution < 1.29 is 19.5 Å². The van der Waals surface area contributed by atoms with Crippen molar-refractivity contribution in [1.82, 2.24) is 10.6 Å². The summed E-state index contributed by atoms with van der Waals surface area (Å²) in [5.74, 6) is -1.83. The number of nitrogens with one attached hydrogen (secondary N) is 2. The highest BCUT2D eigenvalue weighted by Crippen LogP contribution is 1.91. The molecule has 6 heteroatoms. The summed E-state index contributed by atoms with van der Waals surface area (Å²) in [6.45, 7) is 5.14. The van der Waals surface area contributed by atoms with Crippen LogP contribution in [0.2, 0.25) is 0 Å². The molecule has 0 heterocycles. The minimum atomic E-state index is -1.11. The van der Waals surface area contributed by atoms with Crippen LogP contribution in [0.1, 0.15) is 19.8 Å². The molecule has 0 fully saturated rings. The normalized spacial score (nSPS) is 11.3. The molecule has 0 spiro atoms. The van der Waals surface area contributed by atoms with Crippen LogP contribution in [0.25, 0.3) is 0 Å². The maximum absolute atomic E-state index is 11.2. The monoisotopic (exact) mass is 228 g/mol. The van der Waals surface area contributed by atoms with Crippen molar-refractivity contribution in [2.75, 3.05) is 6.54 Å². The van der Waals surface area contributed by atoms with Gasteiger partial charge in [-0.3, -0.25) is 14.4 Å². The van der Waals surface area contributed by atoms with Crippen LogP contribution in [0.5, 0.6) is 0 Å². The molecule has 0 aromatic carbocycles. The first-order valence-corrected chi connectivity index (χ1v) is 4.87. The van der Waals surface area contributed by atoms with Gasteiger partial charge in [-0.05, 0) is 6.92 Å². The minimum Gasteiger partial charge on any atom is -0.480 e. The Balaban J connectivity index is 3.76. The molecule has 0 saturated heterocycles. The predicted molar refractivity (Wildman–Crippen MR) is 57.7 cm³/mol. The van der Waals surface area contributed by atoms with Gasteiger partial charge in [0.1, 0.15) is 6.04 Å². The highest BCUT2D eigenvalue weighted by atomic mass is 16.4. The minimum absolute atomic E-state index is 0.0272. The molecule has 3 N–H and O–H groups in total. The molecule has 0 rings (SSSR count). The largest absolute Gasteiger partial charge is 0.480 e. The highest BCUT2D eigenvalue weighted by Gasteiger charge is 2.14. The van der Waals surface area contributed by atoms with E-state index in [9.17, 15) is 14.4 Å². The molecule has 1 unspecified atom stereocenters. The van der Waals surface area contributed by atoms with Crippen LogP contribution in [0, 0.1) is 0 Å². The molecule has 90 valence electrons. The fraction of sp³-hybridized carbons (Fsp3) is 0.500. The smallest absolute Gasteiger partial charge is 0.325 e. The fourth-order valence-electron chi connectivity index (χ4n) is 0.877. The average Bonchev–Trinajstić information content (AvgIpc) is 2.23. The summed E-state index contributed by atoms with van der Waals surface area (Å²) in [4.78, 5) is 32.6. The Kier molecular flexibility index (Phi) is 6.58. The molecule has 1 atom stereocenters. The molecule has 0 saturated carbocycles. The Labute approximate surface area is 93.7 Å². The summed E-state index contributed by atoms with van der Waals surface area (Å²) >= 11 is 0. The molecular weight excluding hydrogens is 212 g/mol. The van der Waals surface area contributed by atoms with E-state index in [0.717, 1.165) is 0 Å². The van der Waals surface area contributed by atoms with Gasteiger partial charge in [-0.15, -0.1) is 6.58 Å². The van der Waals surface area contributed by atoms with Crippen molar-refractivity contribution in [3.05, 3.63) is 12.7 Å². The third-order valence-corrected chi connectivity index (χ3v) is 1.77. The summed E-state index contributed by atoms with van der Waals surface area (Å²) < 4.78 is 0. The van der Waals surface area contributed by atoms with Crippen molar-refractivity contribution in [3.63, 3.8) is 0 Å². The number of carboxylic acids is 1. The van der Waals surface area contributed by atoms with Crippen LogP contribution >= 0.6 is 0 Å². The van der Waals surface area contributed by atoms with E-state index in [0.29, 0.717) is 6.54 Å². The van der Waals surface area contributed by atoms with E-state index in [-0.39, 0.29) is 18.7 Å². The molecule has 0 aromatic rings. The van der Waals surface area contributed by atoms with Crippen molar-refractivity contribution in [1.29, 1.82) is 0 Å². The lowest BCUT2D eigenvalue weighted by molar-refractivity contribution is -0.141. The lowest BCUT2D eigenvalue weighted by Crippen LogP contribution is -2.38. The first kappa shape index (κ1) is 14.2. The standard InChI is InChI=1S/C10H16N2O4/c1-3-6-11-8(13)4-5-9(14)12-7(2)10(15)16/h3,7H,1,4-6H2,2H3,(H,11,13)(H,12,14)(H,15,16). The summed E-state index contributed by atoms with van der Waals surface area (Å²) in [6, 6.07) is -0.941. The summed E-state index contributed by atoms with van der Waals surface area (Å²) in [5.41, 5.74) is 0. The van der Waals surface area contributed by atoms with Gasteiger partial charge in [-0.25, -0.2) is 0 Å². The number of carboxylic acid groups (broad SMARTS) is 1. The lowest BCUT2D eigenvalue weighted by atomic mass is 10.2. The van der Waals surface area contributed by atoms with Gasteiger partial charge >= 0.3 is 5.97 Å². The topological polar surface area (TPSA) is 95.5 Å². The molecule has 0 aliphatic heterocycles.